The van der Waals surface area contributed by atoms with Crippen LogP contribution in [0.5, 0.6) is 0 Å². The van der Waals surface area contributed by atoms with Crippen molar-refractivity contribution in [1.82, 2.24) is 15.5 Å². The Labute approximate surface area is 140 Å². The zero-order valence-electron chi connectivity index (χ0n) is 13.8. The molecular formula is C17H22N4O3. The van der Waals surface area contributed by atoms with Crippen molar-refractivity contribution in [2.75, 3.05) is 18.1 Å². The number of aliphatic hydroxyl groups is 1. The average molecular weight is 330 g/mol. The fourth-order valence-corrected chi connectivity index (χ4v) is 2.97. The van der Waals surface area contributed by atoms with Gasteiger partial charge in [0, 0.05) is 18.4 Å². The van der Waals surface area contributed by atoms with Crippen molar-refractivity contribution in [3.63, 3.8) is 0 Å². The van der Waals surface area contributed by atoms with Crippen LogP contribution < -0.4 is 10.2 Å². The topological polar surface area (TPSA) is 98.3 Å². The summed E-state index contributed by atoms with van der Waals surface area (Å²) < 4.78 is 0. The van der Waals surface area contributed by atoms with Crippen molar-refractivity contribution in [3.05, 3.63) is 24.3 Å². The third kappa shape index (κ3) is 2.99. The molecule has 0 radical (unpaired) electrons. The average Bonchev–Trinajstić information content (AvgIpc) is 3.15. The third-order valence-corrected chi connectivity index (χ3v) is 4.53. The van der Waals surface area contributed by atoms with Crippen molar-refractivity contribution in [1.29, 1.82) is 0 Å². The van der Waals surface area contributed by atoms with Crippen LogP contribution in [0.3, 0.4) is 0 Å². The van der Waals surface area contributed by atoms with Crippen LogP contribution in [0.4, 0.5) is 5.82 Å². The Hall–Kier alpha value is -2.41. The highest BCUT2D eigenvalue weighted by Crippen LogP contribution is 2.29. The van der Waals surface area contributed by atoms with E-state index in [9.17, 15) is 14.7 Å². The standard InChI is InChI=1S/C17H22N4O3/c1-10(2)14(9-22)18-17(24)11-7-15(23)21(8-11)16-12-5-3-4-6-13(12)19-20-16/h3-6,10-11,14,22H,7-9H2,1-2H3,(H,18,24)(H,19,20)/t11?,14-/m1/s1. The molecule has 0 spiro atoms. The molecule has 0 bridgehead atoms. The van der Waals surface area contributed by atoms with Gasteiger partial charge in [-0.15, -0.1) is 0 Å². The Morgan fingerprint density at radius 1 is 1.46 bits per heavy atom. The molecule has 1 aromatic heterocycles. The summed E-state index contributed by atoms with van der Waals surface area (Å²) in [5.41, 5.74) is 0.855. The minimum absolute atomic E-state index is 0.113. The molecule has 1 aliphatic rings. The normalized spacial score (nSPS) is 19.2. The number of carbonyl (C=O) groups is 2. The number of para-hydroxylation sites is 1. The molecule has 2 amide bonds. The first-order chi connectivity index (χ1) is 11.5. The van der Waals surface area contributed by atoms with Gasteiger partial charge in [-0.2, -0.15) is 5.10 Å². The number of nitrogens with zero attached hydrogens (tertiary/aromatic N) is 2. The molecule has 3 N–H and O–H groups in total. The number of aliphatic hydroxyl groups excluding tert-OH is 1. The quantitative estimate of drug-likeness (QED) is 0.763. The van der Waals surface area contributed by atoms with Gasteiger partial charge in [0.2, 0.25) is 11.8 Å². The maximum atomic E-state index is 12.4. The molecule has 1 aliphatic heterocycles. The highest BCUT2D eigenvalue weighted by Gasteiger charge is 2.37. The number of anilines is 1. The van der Waals surface area contributed by atoms with Gasteiger partial charge in [0.15, 0.2) is 5.82 Å². The van der Waals surface area contributed by atoms with Gasteiger partial charge < -0.3 is 10.4 Å². The number of amides is 2. The predicted molar refractivity (Wildman–Crippen MR) is 90.4 cm³/mol. The predicted octanol–water partition coefficient (Wildman–Crippen LogP) is 1.05. The van der Waals surface area contributed by atoms with Crippen LogP contribution in [-0.4, -0.2) is 46.3 Å². The Kier molecular flexibility index (Phi) is 4.53. The summed E-state index contributed by atoms with van der Waals surface area (Å²) in [6.45, 7) is 4.06. The van der Waals surface area contributed by atoms with Gasteiger partial charge >= 0.3 is 0 Å². The molecule has 2 atom stereocenters. The number of carbonyl (C=O) groups excluding carboxylic acids is 2. The van der Waals surface area contributed by atoms with Gasteiger partial charge in [-0.3, -0.25) is 19.6 Å². The van der Waals surface area contributed by atoms with Gasteiger partial charge in [-0.05, 0) is 18.1 Å². The van der Waals surface area contributed by atoms with Gasteiger partial charge in [0.25, 0.3) is 0 Å². The van der Waals surface area contributed by atoms with Crippen LogP contribution in [-0.2, 0) is 9.59 Å². The van der Waals surface area contributed by atoms with Gasteiger partial charge in [0.1, 0.15) is 0 Å². The molecule has 1 unspecified atom stereocenters. The number of rotatable bonds is 5. The molecule has 2 heterocycles. The van der Waals surface area contributed by atoms with Gasteiger partial charge in [0.05, 0.1) is 24.1 Å². The van der Waals surface area contributed by atoms with Crippen LogP contribution in [0.2, 0.25) is 0 Å². The molecule has 2 aromatic rings. The summed E-state index contributed by atoms with van der Waals surface area (Å²) in [5, 5.41) is 20.2. The van der Waals surface area contributed by atoms with Crippen LogP contribution in [0.15, 0.2) is 24.3 Å². The second-order valence-corrected chi connectivity index (χ2v) is 6.54. The third-order valence-electron chi connectivity index (χ3n) is 4.53. The SMILES string of the molecule is CC(C)[C@@H](CO)NC(=O)C1CC(=O)N(c2n[nH]c3ccccc23)C1. The second-order valence-electron chi connectivity index (χ2n) is 6.54. The van der Waals surface area contributed by atoms with Crippen LogP contribution in [0, 0.1) is 11.8 Å². The van der Waals surface area contributed by atoms with E-state index < -0.39 is 5.92 Å². The fraction of sp³-hybridized carbons (Fsp3) is 0.471. The fourth-order valence-electron chi connectivity index (χ4n) is 2.97. The number of benzene rings is 1. The summed E-state index contributed by atoms with van der Waals surface area (Å²) >= 11 is 0. The zero-order chi connectivity index (χ0) is 17.3. The number of nitrogens with one attached hydrogen (secondary N) is 2. The molecule has 1 fully saturated rings. The summed E-state index contributed by atoms with van der Waals surface area (Å²) in [7, 11) is 0. The molecular weight excluding hydrogens is 308 g/mol. The van der Waals surface area contributed by atoms with Crippen LogP contribution >= 0.6 is 0 Å². The molecule has 0 aliphatic carbocycles. The van der Waals surface area contributed by atoms with E-state index in [1.807, 2.05) is 38.1 Å². The summed E-state index contributed by atoms with van der Waals surface area (Å²) in [6.07, 6.45) is 0.156. The van der Waals surface area contributed by atoms with E-state index in [1.54, 1.807) is 4.90 Å². The molecule has 7 heteroatoms. The molecule has 1 saturated heterocycles. The summed E-state index contributed by atoms with van der Waals surface area (Å²) in [4.78, 5) is 26.3. The van der Waals surface area contributed by atoms with Gasteiger partial charge in [-0.25, -0.2) is 0 Å². The van der Waals surface area contributed by atoms with Crippen LogP contribution in [0.25, 0.3) is 10.9 Å². The molecule has 1 aromatic carbocycles. The first kappa shape index (κ1) is 16.4. The Morgan fingerprint density at radius 3 is 2.92 bits per heavy atom. The number of hydrogen-bond acceptors (Lipinski definition) is 4. The summed E-state index contributed by atoms with van der Waals surface area (Å²) in [5.74, 6) is -0.0485. The first-order valence-corrected chi connectivity index (χ1v) is 8.16. The lowest BCUT2D eigenvalue weighted by atomic mass is 10.0. The van der Waals surface area contributed by atoms with Crippen molar-refractivity contribution in [2.45, 2.75) is 26.3 Å². The van der Waals surface area contributed by atoms with Crippen LogP contribution in [0.1, 0.15) is 20.3 Å². The highest BCUT2D eigenvalue weighted by molar-refractivity contribution is 6.05. The van der Waals surface area contributed by atoms with Crippen molar-refractivity contribution >= 4 is 28.5 Å². The minimum Gasteiger partial charge on any atom is -0.394 e. The number of hydrogen-bond donors (Lipinski definition) is 3. The summed E-state index contributed by atoms with van der Waals surface area (Å²) in [6, 6.07) is 7.28. The highest BCUT2D eigenvalue weighted by atomic mass is 16.3. The van der Waals surface area contributed by atoms with E-state index in [2.05, 4.69) is 15.5 Å². The Morgan fingerprint density at radius 2 is 2.21 bits per heavy atom. The van der Waals surface area contributed by atoms with Crippen molar-refractivity contribution in [3.8, 4) is 0 Å². The van der Waals surface area contributed by atoms with E-state index >= 15 is 0 Å². The van der Waals surface area contributed by atoms with Gasteiger partial charge in [-0.1, -0.05) is 26.0 Å². The lowest BCUT2D eigenvalue weighted by Crippen LogP contribution is -2.44. The Balaban J connectivity index is 1.75. The van der Waals surface area contributed by atoms with Crippen molar-refractivity contribution < 1.29 is 14.7 Å². The molecule has 7 nitrogen and oxygen atoms in total. The Bertz CT molecular complexity index is 755. The van der Waals surface area contributed by atoms with E-state index in [0.29, 0.717) is 12.4 Å². The number of fused-ring (bicyclic) bond motifs is 1. The molecule has 128 valence electrons. The van der Waals surface area contributed by atoms with Crippen molar-refractivity contribution in [2.24, 2.45) is 11.8 Å². The zero-order valence-corrected chi connectivity index (χ0v) is 13.8. The van der Waals surface area contributed by atoms with E-state index in [0.717, 1.165) is 10.9 Å². The lowest BCUT2D eigenvalue weighted by molar-refractivity contribution is -0.127. The largest absolute Gasteiger partial charge is 0.394 e. The first-order valence-electron chi connectivity index (χ1n) is 8.16. The van der Waals surface area contributed by atoms with E-state index in [4.69, 9.17) is 0 Å². The van der Waals surface area contributed by atoms with E-state index in [1.165, 1.54) is 0 Å². The number of aromatic amines is 1. The molecule has 24 heavy (non-hydrogen) atoms. The monoisotopic (exact) mass is 330 g/mol. The minimum atomic E-state index is -0.430. The molecule has 3 rings (SSSR count). The second kappa shape index (κ2) is 6.60. The molecule has 0 saturated carbocycles. The number of aromatic nitrogens is 2. The maximum Gasteiger partial charge on any atom is 0.229 e. The maximum absolute atomic E-state index is 12.4. The lowest BCUT2D eigenvalue weighted by Gasteiger charge is -2.22. The van der Waals surface area contributed by atoms with E-state index in [-0.39, 0.29) is 36.8 Å². The smallest absolute Gasteiger partial charge is 0.229 e. The number of H-pyrrole nitrogens is 1.